The molecule has 0 aromatic heterocycles. The normalized spacial score (nSPS) is 12.5. The molecule has 0 fully saturated rings. The van der Waals surface area contributed by atoms with Gasteiger partial charge in [-0.2, -0.15) is 0 Å². The first-order chi connectivity index (χ1) is 8.21. The highest BCUT2D eigenvalue weighted by Gasteiger charge is 2.11. The van der Waals surface area contributed by atoms with Crippen molar-refractivity contribution in [3.05, 3.63) is 28.8 Å². The molecule has 0 aliphatic carbocycles. The van der Waals surface area contributed by atoms with Gasteiger partial charge < -0.3 is 10.1 Å². The van der Waals surface area contributed by atoms with E-state index in [1.807, 2.05) is 18.2 Å². The van der Waals surface area contributed by atoms with Gasteiger partial charge in [-0.05, 0) is 49.2 Å². The number of ether oxygens (including phenoxy) is 1. The molecule has 1 atom stereocenters. The van der Waals surface area contributed by atoms with Crippen LogP contribution in [0.3, 0.4) is 0 Å². The van der Waals surface area contributed by atoms with Crippen LogP contribution in [0.15, 0.2) is 18.2 Å². The van der Waals surface area contributed by atoms with Gasteiger partial charge in [-0.25, -0.2) is 0 Å². The zero-order chi connectivity index (χ0) is 12.7. The smallest absolute Gasteiger partial charge is 0.122 e. The molecule has 17 heavy (non-hydrogen) atoms. The summed E-state index contributed by atoms with van der Waals surface area (Å²) in [5.41, 5.74) is 1.20. The van der Waals surface area contributed by atoms with Gasteiger partial charge in [0.1, 0.15) is 5.75 Å². The van der Waals surface area contributed by atoms with Gasteiger partial charge in [-0.15, -0.1) is 0 Å². The third-order valence-corrected chi connectivity index (χ3v) is 3.25. The second-order valence-electron chi connectivity index (χ2n) is 4.24. The Hall–Kier alpha value is -0.730. The topological polar surface area (TPSA) is 21.3 Å². The molecule has 1 N–H and O–H groups in total. The van der Waals surface area contributed by atoms with Crippen molar-refractivity contribution in [2.24, 2.45) is 5.92 Å². The van der Waals surface area contributed by atoms with E-state index in [1.165, 1.54) is 5.56 Å². The molecule has 0 bridgehead atoms. The number of benzene rings is 1. The summed E-state index contributed by atoms with van der Waals surface area (Å²) in [5, 5.41) is 4.17. The Labute approximate surface area is 109 Å². The molecule has 1 aromatic rings. The number of hydrogen-bond acceptors (Lipinski definition) is 2. The van der Waals surface area contributed by atoms with Crippen LogP contribution in [-0.2, 0) is 6.42 Å². The van der Waals surface area contributed by atoms with Crippen molar-refractivity contribution in [2.75, 3.05) is 20.2 Å². The minimum atomic E-state index is 0.627. The lowest BCUT2D eigenvalue weighted by molar-refractivity contribution is 0.399. The van der Waals surface area contributed by atoms with Crippen LogP contribution in [0.2, 0.25) is 5.02 Å². The minimum Gasteiger partial charge on any atom is -0.496 e. The molecule has 0 aliphatic heterocycles. The van der Waals surface area contributed by atoms with E-state index in [9.17, 15) is 0 Å². The molecular formula is C14H22ClNO. The van der Waals surface area contributed by atoms with Crippen molar-refractivity contribution in [2.45, 2.75) is 26.7 Å². The van der Waals surface area contributed by atoms with E-state index >= 15 is 0 Å². The van der Waals surface area contributed by atoms with Crippen molar-refractivity contribution < 1.29 is 4.74 Å². The SMILES string of the molecule is CCNCC(CC)Cc1cc(Cl)ccc1OC. The monoisotopic (exact) mass is 255 g/mol. The molecule has 0 heterocycles. The van der Waals surface area contributed by atoms with Crippen molar-refractivity contribution in [3.8, 4) is 5.75 Å². The summed E-state index contributed by atoms with van der Waals surface area (Å²) in [4.78, 5) is 0. The lowest BCUT2D eigenvalue weighted by atomic mass is 9.96. The minimum absolute atomic E-state index is 0.627. The van der Waals surface area contributed by atoms with Gasteiger partial charge in [-0.3, -0.25) is 0 Å². The highest BCUT2D eigenvalue weighted by molar-refractivity contribution is 6.30. The fraction of sp³-hybridized carbons (Fsp3) is 0.571. The molecule has 0 spiro atoms. The maximum atomic E-state index is 6.03. The summed E-state index contributed by atoms with van der Waals surface area (Å²) in [6.45, 7) is 6.41. The molecule has 0 amide bonds. The van der Waals surface area contributed by atoms with E-state index in [0.717, 1.165) is 36.7 Å². The molecule has 0 aliphatic rings. The molecule has 96 valence electrons. The van der Waals surface area contributed by atoms with Crippen molar-refractivity contribution in [1.82, 2.24) is 5.32 Å². The standard InChI is InChI=1S/C14H22ClNO/c1-4-11(10-16-5-2)8-12-9-13(15)6-7-14(12)17-3/h6-7,9,11,16H,4-5,8,10H2,1-3H3. The maximum absolute atomic E-state index is 6.03. The molecule has 1 aromatic carbocycles. The lowest BCUT2D eigenvalue weighted by Gasteiger charge is -2.17. The van der Waals surface area contributed by atoms with Crippen LogP contribution in [0.25, 0.3) is 0 Å². The molecule has 2 nitrogen and oxygen atoms in total. The molecule has 1 rings (SSSR count). The fourth-order valence-corrected chi connectivity index (χ4v) is 2.12. The van der Waals surface area contributed by atoms with Crippen molar-refractivity contribution >= 4 is 11.6 Å². The molecule has 0 saturated carbocycles. The quantitative estimate of drug-likeness (QED) is 0.805. The van der Waals surface area contributed by atoms with E-state index in [1.54, 1.807) is 7.11 Å². The number of hydrogen-bond donors (Lipinski definition) is 1. The highest BCUT2D eigenvalue weighted by atomic mass is 35.5. The van der Waals surface area contributed by atoms with Gasteiger partial charge in [0.25, 0.3) is 0 Å². The van der Waals surface area contributed by atoms with Crippen LogP contribution in [-0.4, -0.2) is 20.2 Å². The molecule has 3 heteroatoms. The lowest BCUT2D eigenvalue weighted by Crippen LogP contribution is -2.23. The first-order valence-electron chi connectivity index (χ1n) is 6.24. The van der Waals surface area contributed by atoms with Gasteiger partial charge in [0.2, 0.25) is 0 Å². The fourth-order valence-electron chi connectivity index (χ4n) is 1.93. The van der Waals surface area contributed by atoms with Gasteiger partial charge in [-0.1, -0.05) is 31.9 Å². The molecule has 1 unspecified atom stereocenters. The van der Waals surface area contributed by atoms with E-state index in [2.05, 4.69) is 19.2 Å². The first kappa shape index (κ1) is 14.3. The van der Waals surface area contributed by atoms with Gasteiger partial charge in [0.05, 0.1) is 7.11 Å². The predicted octanol–water partition coefficient (Wildman–Crippen LogP) is 3.53. The number of nitrogens with one attached hydrogen (secondary N) is 1. The van der Waals surface area contributed by atoms with Crippen LogP contribution in [0.4, 0.5) is 0 Å². The van der Waals surface area contributed by atoms with Crippen LogP contribution in [0, 0.1) is 5.92 Å². The molecular weight excluding hydrogens is 234 g/mol. The number of rotatable bonds is 7. The highest BCUT2D eigenvalue weighted by Crippen LogP contribution is 2.25. The first-order valence-corrected chi connectivity index (χ1v) is 6.62. The van der Waals surface area contributed by atoms with Gasteiger partial charge in [0, 0.05) is 5.02 Å². The summed E-state index contributed by atoms with van der Waals surface area (Å²) >= 11 is 6.03. The van der Waals surface area contributed by atoms with Crippen molar-refractivity contribution in [3.63, 3.8) is 0 Å². The van der Waals surface area contributed by atoms with E-state index < -0.39 is 0 Å². The number of halogens is 1. The van der Waals surface area contributed by atoms with Crippen LogP contribution >= 0.6 is 11.6 Å². The Kier molecular flexibility index (Phi) is 6.38. The summed E-state index contributed by atoms with van der Waals surface area (Å²) in [7, 11) is 1.71. The Morgan fingerprint density at radius 1 is 1.35 bits per heavy atom. The molecule has 0 radical (unpaired) electrons. The second-order valence-corrected chi connectivity index (χ2v) is 4.68. The zero-order valence-electron chi connectivity index (χ0n) is 10.9. The average Bonchev–Trinajstić information content (AvgIpc) is 2.34. The summed E-state index contributed by atoms with van der Waals surface area (Å²) < 4.78 is 5.37. The summed E-state index contributed by atoms with van der Waals surface area (Å²) in [5.74, 6) is 1.56. The van der Waals surface area contributed by atoms with E-state index in [4.69, 9.17) is 16.3 Å². The average molecular weight is 256 g/mol. The van der Waals surface area contributed by atoms with Crippen LogP contribution in [0.1, 0.15) is 25.8 Å². The second kappa shape index (κ2) is 7.57. The zero-order valence-corrected chi connectivity index (χ0v) is 11.7. The predicted molar refractivity (Wildman–Crippen MR) is 74.0 cm³/mol. The Balaban J connectivity index is 2.73. The molecule has 0 saturated heterocycles. The van der Waals surface area contributed by atoms with Crippen LogP contribution < -0.4 is 10.1 Å². The Morgan fingerprint density at radius 2 is 2.12 bits per heavy atom. The third kappa shape index (κ3) is 4.57. The van der Waals surface area contributed by atoms with Gasteiger partial charge in [0.15, 0.2) is 0 Å². The van der Waals surface area contributed by atoms with Crippen LogP contribution in [0.5, 0.6) is 5.75 Å². The number of methoxy groups -OCH3 is 1. The summed E-state index contributed by atoms with van der Waals surface area (Å²) in [6.07, 6.45) is 2.16. The maximum Gasteiger partial charge on any atom is 0.122 e. The Morgan fingerprint density at radius 3 is 2.71 bits per heavy atom. The Bertz CT molecular complexity index is 341. The van der Waals surface area contributed by atoms with E-state index in [0.29, 0.717) is 5.92 Å². The third-order valence-electron chi connectivity index (χ3n) is 3.01. The van der Waals surface area contributed by atoms with Gasteiger partial charge >= 0.3 is 0 Å². The largest absolute Gasteiger partial charge is 0.496 e. The van der Waals surface area contributed by atoms with Crippen molar-refractivity contribution in [1.29, 1.82) is 0 Å². The summed E-state index contributed by atoms with van der Waals surface area (Å²) in [6, 6.07) is 5.82. The van der Waals surface area contributed by atoms with E-state index in [-0.39, 0.29) is 0 Å².